The quantitative estimate of drug-likeness (QED) is 0.159. The maximum absolute atomic E-state index is 13.2. The first-order chi connectivity index (χ1) is 16.7. The monoisotopic (exact) mass is 477 g/mol. The van der Waals surface area contributed by atoms with Gasteiger partial charge in [-0.15, -0.1) is 10.2 Å². The molecule has 11 heteroatoms. The van der Waals surface area contributed by atoms with Crippen LogP contribution in [0.4, 0.5) is 10.1 Å². The summed E-state index contributed by atoms with van der Waals surface area (Å²) >= 11 is 0. The molecular weight excluding hydrogens is 457 g/mol. The minimum absolute atomic E-state index is 0.0590. The third-order valence-electron chi connectivity index (χ3n) is 5.21. The number of nitro benzene ring substituents is 1. The van der Waals surface area contributed by atoms with Gasteiger partial charge in [0.2, 0.25) is 5.89 Å². The minimum Gasteiger partial charge on any atom is -0.449 e. The van der Waals surface area contributed by atoms with Crippen LogP contribution in [0.3, 0.4) is 0 Å². The standard InChI is InChI=1S/C24H20FN5O5/c1-14-21(15(2)29(28-14)19-10-6-18(25)7-11-19)12-13-22(31)34-16(3)23-26-27-24(35-23)17-4-8-20(9-5-17)30(32)33/h4-13,16H,1-3H3/b13-12+. The largest absolute Gasteiger partial charge is 0.449 e. The number of ether oxygens (including phenoxy) is 1. The summed E-state index contributed by atoms with van der Waals surface area (Å²) in [4.78, 5) is 22.7. The second-order valence-corrected chi connectivity index (χ2v) is 7.63. The average Bonchev–Trinajstić information content (AvgIpc) is 3.43. The first-order valence-electron chi connectivity index (χ1n) is 10.5. The molecule has 0 aliphatic carbocycles. The van der Waals surface area contributed by atoms with Crippen LogP contribution in [-0.2, 0) is 9.53 Å². The third-order valence-corrected chi connectivity index (χ3v) is 5.21. The van der Waals surface area contributed by atoms with Crippen molar-refractivity contribution in [3.63, 3.8) is 0 Å². The number of non-ortho nitro benzene ring substituents is 1. The fraction of sp³-hybridized carbons (Fsp3) is 0.167. The Kier molecular flexibility index (Phi) is 6.49. The first-order valence-corrected chi connectivity index (χ1v) is 10.5. The smallest absolute Gasteiger partial charge is 0.331 e. The molecule has 2 aromatic carbocycles. The van der Waals surface area contributed by atoms with Crippen LogP contribution in [0, 0.1) is 29.8 Å². The van der Waals surface area contributed by atoms with Crippen molar-refractivity contribution >= 4 is 17.7 Å². The van der Waals surface area contributed by atoms with Gasteiger partial charge >= 0.3 is 5.97 Å². The first kappa shape index (κ1) is 23.5. The number of rotatable bonds is 7. The summed E-state index contributed by atoms with van der Waals surface area (Å²) in [5.74, 6) is -0.737. The van der Waals surface area contributed by atoms with E-state index in [-0.39, 0.29) is 23.3 Å². The summed E-state index contributed by atoms with van der Waals surface area (Å²) in [6.07, 6.45) is 2.05. The molecule has 1 atom stereocenters. The molecule has 0 fully saturated rings. The molecule has 0 saturated heterocycles. The molecule has 4 rings (SSSR count). The van der Waals surface area contributed by atoms with E-state index in [4.69, 9.17) is 9.15 Å². The predicted octanol–water partition coefficient (Wildman–Crippen LogP) is 4.90. The fourth-order valence-electron chi connectivity index (χ4n) is 3.39. The van der Waals surface area contributed by atoms with Gasteiger partial charge in [0.15, 0.2) is 6.10 Å². The van der Waals surface area contributed by atoms with Crippen LogP contribution in [0.2, 0.25) is 0 Å². The van der Waals surface area contributed by atoms with Crippen LogP contribution in [0.1, 0.15) is 35.9 Å². The number of hydrogen-bond acceptors (Lipinski definition) is 8. The Morgan fingerprint density at radius 1 is 1.14 bits per heavy atom. The Balaban J connectivity index is 1.43. The molecular formula is C24H20FN5O5. The lowest BCUT2D eigenvalue weighted by Crippen LogP contribution is -2.06. The zero-order valence-corrected chi connectivity index (χ0v) is 19.0. The molecule has 0 saturated carbocycles. The molecule has 0 aliphatic heterocycles. The molecule has 4 aromatic rings. The van der Waals surface area contributed by atoms with E-state index in [9.17, 15) is 19.3 Å². The van der Waals surface area contributed by atoms with Crippen molar-refractivity contribution in [1.82, 2.24) is 20.0 Å². The maximum Gasteiger partial charge on any atom is 0.331 e. The van der Waals surface area contributed by atoms with Gasteiger partial charge in [0, 0.05) is 35.0 Å². The Morgan fingerprint density at radius 3 is 2.49 bits per heavy atom. The van der Waals surface area contributed by atoms with Crippen LogP contribution < -0.4 is 0 Å². The number of hydrogen-bond donors (Lipinski definition) is 0. The van der Waals surface area contributed by atoms with E-state index in [2.05, 4.69) is 15.3 Å². The van der Waals surface area contributed by atoms with Crippen molar-refractivity contribution in [2.75, 3.05) is 0 Å². The Bertz CT molecular complexity index is 1410. The van der Waals surface area contributed by atoms with Crippen molar-refractivity contribution in [3.05, 3.63) is 93.4 Å². The van der Waals surface area contributed by atoms with Crippen molar-refractivity contribution in [3.8, 4) is 17.1 Å². The van der Waals surface area contributed by atoms with Gasteiger partial charge in [-0.2, -0.15) is 5.10 Å². The highest BCUT2D eigenvalue weighted by Crippen LogP contribution is 2.25. The van der Waals surface area contributed by atoms with Gasteiger partial charge in [0.05, 0.1) is 16.3 Å². The van der Waals surface area contributed by atoms with E-state index in [0.717, 1.165) is 11.3 Å². The van der Waals surface area contributed by atoms with Crippen LogP contribution in [0.15, 0.2) is 59.0 Å². The van der Waals surface area contributed by atoms with E-state index in [1.807, 2.05) is 6.92 Å². The number of esters is 1. The molecule has 10 nitrogen and oxygen atoms in total. The number of aryl methyl sites for hydroxylation is 1. The van der Waals surface area contributed by atoms with Crippen molar-refractivity contribution in [2.24, 2.45) is 0 Å². The number of nitro groups is 1. The normalized spacial score (nSPS) is 12.1. The van der Waals surface area contributed by atoms with Gasteiger partial charge in [-0.25, -0.2) is 13.9 Å². The lowest BCUT2D eigenvalue weighted by Gasteiger charge is -2.07. The summed E-state index contributed by atoms with van der Waals surface area (Å²) in [6.45, 7) is 5.23. The van der Waals surface area contributed by atoms with Gasteiger partial charge in [0.25, 0.3) is 11.6 Å². The fourth-order valence-corrected chi connectivity index (χ4v) is 3.39. The molecule has 2 aromatic heterocycles. The lowest BCUT2D eigenvalue weighted by atomic mass is 10.2. The van der Waals surface area contributed by atoms with Gasteiger partial charge in [0.1, 0.15) is 5.82 Å². The highest BCUT2D eigenvalue weighted by Gasteiger charge is 2.19. The Morgan fingerprint density at radius 2 is 1.83 bits per heavy atom. The van der Waals surface area contributed by atoms with Crippen molar-refractivity contribution < 1.29 is 23.3 Å². The third kappa shape index (κ3) is 5.13. The Hall–Kier alpha value is -4.67. The summed E-state index contributed by atoms with van der Waals surface area (Å²) in [6, 6.07) is 11.6. The molecule has 1 unspecified atom stereocenters. The molecule has 0 amide bonds. The number of nitrogens with zero attached hydrogens (tertiary/aromatic N) is 5. The second kappa shape index (κ2) is 9.67. The SMILES string of the molecule is Cc1nn(-c2ccc(F)cc2)c(C)c1/C=C/C(=O)OC(C)c1nnc(-c2ccc([N+](=O)[O-])cc2)o1. The van der Waals surface area contributed by atoms with E-state index in [1.54, 1.807) is 36.7 Å². The zero-order valence-electron chi connectivity index (χ0n) is 19.0. The van der Waals surface area contributed by atoms with Gasteiger partial charge < -0.3 is 9.15 Å². The van der Waals surface area contributed by atoms with Crippen LogP contribution in [0.25, 0.3) is 23.2 Å². The molecule has 0 N–H and O–H groups in total. The van der Waals surface area contributed by atoms with Gasteiger partial charge in [-0.05, 0) is 63.2 Å². The van der Waals surface area contributed by atoms with Crippen LogP contribution >= 0.6 is 0 Å². The number of carbonyl (C=O) groups is 1. The van der Waals surface area contributed by atoms with E-state index >= 15 is 0 Å². The molecule has 0 radical (unpaired) electrons. The molecule has 0 aliphatic rings. The summed E-state index contributed by atoms with van der Waals surface area (Å²) in [7, 11) is 0. The lowest BCUT2D eigenvalue weighted by molar-refractivity contribution is -0.384. The van der Waals surface area contributed by atoms with Crippen LogP contribution in [-0.4, -0.2) is 30.9 Å². The highest BCUT2D eigenvalue weighted by molar-refractivity contribution is 5.87. The summed E-state index contributed by atoms with van der Waals surface area (Å²) in [5.41, 5.74) is 3.33. The summed E-state index contributed by atoms with van der Waals surface area (Å²) < 4.78 is 25.8. The minimum atomic E-state index is -0.824. The van der Waals surface area contributed by atoms with E-state index in [1.165, 1.54) is 42.5 Å². The van der Waals surface area contributed by atoms with Crippen LogP contribution in [0.5, 0.6) is 0 Å². The molecule has 178 valence electrons. The zero-order chi connectivity index (χ0) is 25.1. The van der Waals surface area contributed by atoms with Crippen molar-refractivity contribution in [1.29, 1.82) is 0 Å². The number of benzene rings is 2. The molecule has 2 heterocycles. The van der Waals surface area contributed by atoms with Gasteiger partial charge in [-0.3, -0.25) is 10.1 Å². The predicted molar refractivity (Wildman–Crippen MR) is 123 cm³/mol. The topological polar surface area (TPSA) is 126 Å². The second-order valence-electron chi connectivity index (χ2n) is 7.63. The van der Waals surface area contributed by atoms with Crippen molar-refractivity contribution in [2.45, 2.75) is 26.9 Å². The molecule has 0 spiro atoms. The van der Waals surface area contributed by atoms with E-state index < -0.39 is 17.0 Å². The van der Waals surface area contributed by atoms with Gasteiger partial charge in [-0.1, -0.05) is 0 Å². The summed E-state index contributed by atoms with van der Waals surface area (Å²) in [5, 5.41) is 23.1. The average molecular weight is 477 g/mol. The highest BCUT2D eigenvalue weighted by atomic mass is 19.1. The molecule has 35 heavy (non-hydrogen) atoms. The Labute approximate surface area is 198 Å². The number of aromatic nitrogens is 4. The number of carbonyl (C=O) groups excluding carboxylic acids is 1. The maximum atomic E-state index is 13.2. The number of halogens is 1. The molecule has 0 bridgehead atoms. The van der Waals surface area contributed by atoms with E-state index in [0.29, 0.717) is 16.9 Å².